The van der Waals surface area contributed by atoms with E-state index in [1.807, 2.05) is 66.9 Å². The van der Waals surface area contributed by atoms with Crippen molar-refractivity contribution in [2.24, 2.45) is 0 Å². The molecule has 1 amide bonds. The monoisotopic (exact) mass is 457 g/mol. The molecule has 33 heavy (non-hydrogen) atoms. The molecular weight excluding hydrogens is 434 g/mol. The number of hydrogen-bond donors (Lipinski definition) is 0. The maximum absolute atomic E-state index is 13.2. The quantitative estimate of drug-likeness (QED) is 0.339. The van der Waals surface area contributed by atoms with E-state index >= 15 is 0 Å². The molecule has 0 aliphatic heterocycles. The highest BCUT2D eigenvalue weighted by molar-refractivity contribution is 7.99. The molecule has 2 aromatic carbocycles. The van der Waals surface area contributed by atoms with Gasteiger partial charge < -0.3 is 9.32 Å². The number of anilines is 1. The van der Waals surface area contributed by atoms with E-state index in [0.717, 1.165) is 22.5 Å². The van der Waals surface area contributed by atoms with Gasteiger partial charge in [-0.1, -0.05) is 36.0 Å². The van der Waals surface area contributed by atoms with E-state index < -0.39 is 0 Å². The molecule has 0 radical (unpaired) electrons. The molecular formula is C25H23N5O2S. The second-order valence-corrected chi connectivity index (χ2v) is 8.49. The highest BCUT2D eigenvalue weighted by atomic mass is 32.2. The Balaban J connectivity index is 1.61. The number of hydrogen-bond acceptors (Lipinski definition) is 6. The lowest BCUT2D eigenvalue weighted by atomic mass is 10.1. The van der Waals surface area contributed by atoms with Gasteiger partial charge in [0.15, 0.2) is 10.9 Å². The Labute approximate surface area is 196 Å². The molecule has 0 fully saturated rings. The highest BCUT2D eigenvalue weighted by Gasteiger charge is 2.21. The molecule has 0 spiro atoms. The summed E-state index contributed by atoms with van der Waals surface area (Å²) in [5, 5.41) is 18.3. The fourth-order valence-electron chi connectivity index (χ4n) is 3.61. The first-order valence-corrected chi connectivity index (χ1v) is 11.5. The van der Waals surface area contributed by atoms with Gasteiger partial charge in [-0.15, -0.1) is 10.2 Å². The zero-order valence-corrected chi connectivity index (χ0v) is 19.2. The number of benzene rings is 2. The number of amides is 1. The lowest BCUT2D eigenvalue weighted by Gasteiger charge is -2.22. The van der Waals surface area contributed by atoms with Crippen LogP contribution < -0.4 is 4.90 Å². The summed E-state index contributed by atoms with van der Waals surface area (Å²) in [5.74, 6) is 1.22. The lowest BCUT2D eigenvalue weighted by molar-refractivity contribution is -0.116. The molecule has 8 heteroatoms. The van der Waals surface area contributed by atoms with Crippen LogP contribution in [0, 0.1) is 25.2 Å². The molecule has 166 valence electrons. The van der Waals surface area contributed by atoms with Gasteiger partial charge in [-0.25, -0.2) is 0 Å². The number of para-hydroxylation sites is 1. The number of furan rings is 1. The molecule has 4 rings (SSSR count). The van der Waals surface area contributed by atoms with Crippen LogP contribution in [0.1, 0.15) is 17.5 Å². The molecule has 2 heterocycles. The minimum absolute atomic E-state index is 0.0950. The Morgan fingerprint density at radius 2 is 1.85 bits per heavy atom. The average molecular weight is 458 g/mol. The summed E-state index contributed by atoms with van der Waals surface area (Å²) in [5.41, 5.74) is 3.81. The number of nitrogens with zero attached hydrogens (tertiary/aromatic N) is 5. The second kappa shape index (κ2) is 10.2. The first-order valence-electron chi connectivity index (χ1n) is 10.5. The predicted molar refractivity (Wildman–Crippen MR) is 128 cm³/mol. The van der Waals surface area contributed by atoms with Crippen LogP contribution in [0.3, 0.4) is 0 Å². The number of rotatable bonds is 8. The molecule has 0 N–H and O–H groups in total. The van der Waals surface area contributed by atoms with Gasteiger partial charge in [-0.2, -0.15) is 5.26 Å². The Bertz CT molecular complexity index is 1260. The van der Waals surface area contributed by atoms with Crippen molar-refractivity contribution >= 4 is 23.4 Å². The SMILES string of the molecule is Cc1cc(C)cc(N(CCC#N)C(=O)CSc2nnc(-c3ccco3)n2-c2ccccc2)c1. The van der Waals surface area contributed by atoms with Gasteiger partial charge >= 0.3 is 0 Å². The Kier molecular flexibility index (Phi) is 6.91. The van der Waals surface area contributed by atoms with Crippen molar-refractivity contribution in [1.29, 1.82) is 5.26 Å². The van der Waals surface area contributed by atoms with E-state index in [-0.39, 0.29) is 18.1 Å². The summed E-state index contributed by atoms with van der Waals surface area (Å²) in [6.07, 6.45) is 1.85. The van der Waals surface area contributed by atoms with Crippen molar-refractivity contribution in [1.82, 2.24) is 14.8 Å². The smallest absolute Gasteiger partial charge is 0.237 e. The summed E-state index contributed by atoms with van der Waals surface area (Å²) in [7, 11) is 0. The lowest BCUT2D eigenvalue weighted by Crippen LogP contribution is -2.33. The number of carbonyl (C=O) groups excluding carboxylic acids is 1. The van der Waals surface area contributed by atoms with E-state index in [1.54, 1.807) is 17.2 Å². The van der Waals surface area contributed by atoms with Gasteiger partial charge in [-0.3, -0.25) is 9.36 Å². The van der Waals surface area contributed by atoms with Crippen molar-refractivity contribution in [2.75, 3.05) is 17.2 Å². The van der Waals surface area contributed by atoms with Crippen LogP contribution in [0.15, 0.2) is 76.5 Å². The van der Waals surface area contributed by atoms with Crippen molar-refractivity contribution < 1.29 is 9.21 Å². The topological polar surface area (TPSA) is 87.9 Å². The normalized spacial score (nSPS) is 10.7. The second-order valence-electron chi connectivity index (χ2n) is 7.54. The van der Waals surface area contributed by atoms with Crippen LogP contribution in [-0.4, -0.2) is 33.0 Å². The van der Waals surface area contributed by atoms with Crippen molar-refractivity contribution in [3.63, 3.8) is 0 Å². The number of aryl methyl sites for hydroxylation is 2. The van der Waals surface area contributed by atoms with E-state index in [2.05, 4.69) is 22.3 Å². The van der Waals surface area contributed by atoms with Gasteiger partial charge in [0.05, 0.1) is 24.5 Å². The Morgan fingerprint density at radius 3 is 2.52 bits per heavy atom. The van der Waals surface area contributed by atoms with Crippen LogP contribution in [0.4, 0.5) is 5.69 Å². The first kappa shape index (κ1) is 22.4. The fraction of sp³-hybridized carbons (Fsp3) is 0.200. The number of carbonyl (C=O) groups is 1. The highest BCUT2D eigenvalue weighted by Crippen LogP contribution is 2.29. The van der Waals surface area contributed by atoms with Crippen LogP contribution in [0.5, 0.6) is 0 Å². The Hall–Kier alpha value is -3.83. The third-order valence-corrected chi connectivity index (χ3v) is 5.89. The molecule has 0 saturated heterocycles. The fourth-order valence-corrected chi connectivity index (χ4v) is 4.44. The van der Waals surface area contributed by atoms with E-state index in [9.17, 15) is 4.79 Å². The maximum Gasteiger partial charge on any atom is 0.237 e. The van der Waals surface area contributed by atoms with Crippen LogP contribution >= 0.6 is 11.8 Å². The summed E-state index contributed by atoms with van der Waals surface area (Å²) in [4.78, 5) is 14.9. The van der Waals surface area contributed by atoms with Gasteiger partial charge in [0, 0.05) is 17.9 Å². The van der Waals surface area contributed by atoms with E-state index in [0.29, 0.717) is 23.3 Å². The molecule has 0 saturated carbocycles. The van der Waals surface area contributed by atoms with Gasteiger partial charge in [0.2, 0.25) is 11.7 Å². The summed E-state index contributed by atoms with van der Waals surface area (Å²) in [6.45, 7) is 4.33. The van der Waals surface area contributed by atoms with Gasteiger partial charge in [0.1, 0.15) is 0 Å². The van der Waals surface area contributed by atoms with E-state index in [1.165, 1.54) is 11.8 Å². The third-order valence-electron chi connectivity index (χ3n) is 4.98. The molecule has 0 unspecified atom stereocenters. The summed E-state index contributed by atoms with van der Waals surface area (Å²) < 4.78 is 7.43. The molecule has 4 aromatic rings. The van der Waals surface area contributed by atoms with Crippen LogP contribution in [0.2, 0.25) is 0 Å². The average Bonchev–Trinajstić information content (AvgIpc) is 3.48. The number of nitriles is 1. The van der Waals surface area contributed by atoms with E-state index in [4.69, 9.17) is 9.68 Å². The van der Waals surface area contributed by atoms with Crippen molar-refractivity contribution in [3.8, 4) is 23.3 Å². The molecule has 2 aromatic heterocycles. The zero-order chi connectivity index (χ0) is 23.2. The standard InChI is InChI=1S/C25H23N5O2S/c1-18-14-19(2)16-21(15-18)29(12-7-11-26)23(31)17-33-25-28-27-24(22-10-6-13-32-22)30(25)20-8-4-3-5-9-20/h3-6,8-10,13-16H,7,12,17H2,1-2H3. The Morgan fingerprint density at radius 1 is 1.09 bits per heavy atom. The zero-order valence-electron chi connectivity index (χ0n) is 18.4. The number of thioether (sulfide) groups is 1. The van der Waals surface area contributed by atoms with Crippen molar-refractivity contribution in [3.05, 3.63) is 78.1 Å². The largest absolute Gasteiger partial charge is 0.461 e. The third kappa shape index (κ3) is 5.16. The summed E-state index contributed by atoms with van der Waals surface area (Å²) in [6, 6.07) is 21.5. The predicted octanol–water partition coefficient (Wildman–Crippen LogP) is 5.18. The molecule has 0 atom stereocenters. The molecule has 0 bridgehead atoms. The van der Waals surface area contributed by atoms with Gasteiger partial charge in [-0.05, 0) is 61.4 Å². The van der Waals surface area contributed by atoms with Gasteiger partial charge in [0.25, 0.3) is 0 Å². The molecule has 7 nitrogen and oxygen atoms in total. The first-order chi connectivity index (χ1) is 16.1. The van der Waals surface area contributed by atoms with Crippen LogP contribution in [0.25, 0.3) is 17.3 Å². The number of aromatic nitrogens is 3. The van der Waals surface area contributed by atoms with Crippen molar-refractivity contribution in [2.45, 2.75) is 25.4 Å². The summed E-state index contributed by atoms with van der Waals surface area (Å²) >= 11 is 1.31. The van der Waals surface area contributed by atoms with Crippen LogP contribution in [-0.2, 0) is 4.79 Å². The molecule has 0 aliphatic carbocycles. The minimum atomic E-state index is -0.0950. The maximum atomic E-state index is 13.2. The minimum Gasteiger partial charge on any atom is -0.461 e. The molecule has 0 aliphatic rings.